The molecule has 4 fully saturated rings. The first-order valence-electron chi connectivity index (χ1n) is 10.9. The van der Waals surface area contributed by atoms with Crippen molar-refractivity contribution in [1.82, 2.24) is 10.7 Å². The molecule has 4 bridgehead atoms. The van der Waals surface area contributed by atoms with Gasteiger partial charge < -0.3 is 10.1 Å². The van der Waals surface area contributed by atoms with E-state index in [0.29, 0.717) is 29.3 Å². The van der Waals surface area contributed by atoms with E-state index in [4.69, 9.17) is 4.74 Å². The third kappa shape index (κ3) is 5.05. The molecule has 0 radical (unpaired) electrons. The number of hydrogen-bond donors (Lipinski definition) is 2. The molecule has 30 heavy (non-hydrogen) atoms. The fourth-order valence-corrected chi connectivity index (χ4v) is 5.96. The molecule has 5 rings (SSSR count). The van der Waals surface area contributed by atoms with Crippen LogP contribution in [0.3, 0.4) is 0 Å². The molecule has 162 valence electrons. The number of carbonyl (C=O) groups excluding carboxylic acids is 2. The lowest BCUT2D eigenvalue weighted by atomic mass is 9.54. The van der Waals surface area contributed by atoms with Gasteiger partial charge in [-0.1, -0.05) is 15.9 Å². The molecule has 0 atom stereocenters. The first kappa shape index (κ1) is 21.3. The number of hydrazone groups is 1. The molecule has 0 unspecified atom stereocenters. The van der Waals surface area contributed by atoms with Crippen LogP contribution in [0.5, 0.6) is 5.75 Å². The van der Waals surface area contributed by atoms with Gasteiger partial charge in [0.05, 0.1) is 6.42 Å². The molecule has 4 saturated carbocycles. The summed E-state index contributed by atoms with van der Waals surface area (Å²) in [6.07, 6.45) is 6.72. The number of rotatable bonds is 7. The molecule has 4 aliphatic rings. The van der Waals surface area contributed by atoms with Crippen LogP contribution in [0.2, 0.25) is 0 Å². The minimum Gasteiger partial charge on any atom is -0.484 e. The molecule has 0 aliphatic heterocycles. The number of carbonyl (C=O) groups is 2. The highest BCUT2D eigenvalue weighted by atomic mass is 79.9. The van der Waals surface area contributed by atoms with Gasteiger partial charge in [-0.3, -0.25) is 9.59 Å². The zero-order chi connectivity index (χ0) is 21.3. The van der Waals surface area contributed by atoms with E-state index >= 15 is 0 Å². The summed E-state index contributed by atoms with van der Waals surface area (Å²) in [7, 11) is 0. The maximum Gasteiger partial charge on any atom is 0.277 e. The number of amides is 2. The molecule has 0 saturated heterocycles. The molecule has 6 nitrogen and oxygen atoms in total. The topological polar surface area (TPSA) is 79.8 Å². The minimum absolute atomic E-state index is 0.00422. The van der Waals surface area contributed by atoms with Crippen molar-refractivity contribution in [3.8, 4) is 5.75 Å². The Labute approximate surface area is 186 Å². The maximum absolute atomic E-state index is 12.5. The first-order valence-corrected chi connectivity index (χ1v) is 11.7. The average Bonchev–Trinajstić information content (AvgIpc) is 2.69. The number of ether oxygens (including phenoxy) is 1. The van der Waals surface area contributed by atoms with Crippen molar-refractivity contribution in [2.24, 2.45) is 28.8 Å². The summed E-state index contributed by atoms with van der Waals surface area (Å²) in [5.74, 6) is 3.37. The normalized spacial score (nSPS) is 29.6. The highest BCUT2D eigenvalue weighted by Crippen LogP contribution is 2.53. The maximum atomic E-state index is 12.5. The summed E-state index contributed by atoms with van der Waals surface area (Å²) >= 11 is 3.43. The van der Waals surface area contributed by atoms with E-state index in [2.05, 4.69) is 31.8 Å². The third-order valence-corrected chi connectivity index (χ3v) is 7.73. The Morgan fingerprint density at radius 3 is 2.40 bits per heavy atom. The largest absolute Gasteiger partial charge is 0.484 e. The van der Waals surface area contributed by atoms with Gasteiger partial charge in [-0.15, -0.1) is 0 Å². The summed E-state index contributed by atoms with van der Waals surface area (Å²) in [6.45, 7) is 3.59. The number of halogens is 1. The fraction of sp³-hybridized carbons (Fsp3) is 0.609. The molecular formula is C23H30BrN3O3. The Hall–Kier alpha value is -1.89. The van der Waals surface area contributed by atoms with Gasteiger partial charge in [-0.25, -0.2) is 5.43 Å². The lowest BCUT2D eigenvalue weighted by molar-refractivity contribution is -0.124. The quantitative estimate of drug-likeness (QED) is 0.462. The highest BCUT2D eigenvalue weighted by molar-refractivity contribution is 9.10. The van der Waals surface area contributed by atoms with Gasteiger partial charge >= 0.3 is 0 Å². The molecule has 4 aliphatic carbocycles. The molecule has 1 aromatic rings. The van der Waals surface area contributed by atoms with E-state index < -0.39 is 0 Å². The number of aryl methyl sites for hydroxylation is 1. The number of nitrogens with one attached hydrogen (secondary N) is 2. The van der Waals surface area contributed by atoms with E-state index in [1.165, 1.54) is 32.1 Å². The van der Waals surface area contributed by atoms with Crippen molar-refractivity contribution in [2.45, 2.75) is 58.4 Å². The van der Waals surface area contributed by atoms with Gasteiger partial charge in [0.25, 0.3) is 5.91 Å². The average molecular weight is 476 g/mol. The van der Waals surface area contributed by atoms with E-state index in [9.17, 15) is 9.59 Å². The lowest BCUT2D eigenvalue weighted by Crippen LogP contribution is -2.56. The van der Waals surface area contributed by atoms with Crippen LogP contribution in [0.4, 0.5) is 0 Å². The van der Waals surface area contributed by atoms with E-state index in [-0.39, 0.29) is 24.8 Å². The summed E-state index contributed by atoms with van der Waals surface area (Å²) in [5.41, 5.74) is 4.10. The predicted octanol–water partition coefficient (Wildman–Crippen LogP) is 3.96. The van der Waals surface area contributed by atoms with Crippen molar-refractivity contribution in [2.75, 3.05) is 6.61 Å². The Kier molecular flexibility index (Phi) is 6.46. The Balaban J connectivity index is 1.20. The van der Waals surface area contributed by atoms with Crippen LogP contribution in [0.15, 0.2) is 27.8 Å². The predicted molar refractivity (Wildman–Crippen MR) is 119 cm³/mol. The fourth-order valence-electron chi connectivity index (χ4n) is 5.72. The Morgan fingerprint density at radius 2 is 1.77 bits per heavy atom. The van der Waals surface area contributed by atoms with Crippen LogP contribution in [0.1, 0.15) is 51.0 Å². The van der Waals surface area contributed by atoms with Gasteiger partial charge in [-0.2, -0.15) is 5.10 Å². The minimum atomic E-state index is -0.351. The molecule has 2 N–H and O–H groups in total. The standard InChI is InChI=1S/C23H30BrN3O3/c1-13-5-19(3-4-20(13)24)30-12-22(29)27-26-14(2)6-21(28)25-23-17-8-15-7-16(10-17)11-18(23)9-15/h3-5,15-18,23H,6-12H2,1-2H3,(H,25,28)(H,27,29)/b26-14+. The van der Waals surface area contributed by atoms with E-state index in [1.54, 1.807) is 13.0 Å². The second-order valence-electron chi connectivity index (χ2n) is 9.28. The van der Waals surface area contributed by atoms with Crippen molar-refractivity contribution < 1.29 is 14.3 Å². The Morgan fingerprint density at radius 1 is 1.10 bits per heavy atom. The number of hydrogen-bond acceptors (Lipinski definition) is 4. The zero-order valence-electron chi connectivity index (χ0n) is 17.6. The lowest BCUT2D eigenvalue weighted by Gasteiger charge is -2.54. The van der Waals surface area contributed by atoms with E-state index in [0.717, 1.165) is 21.9 Å². The zero-order valence-corrected chi connectivity index (χ0v) is 19.2. The van der Waals surface area contributed by atoms with Gasteiger partial charge in [-0.05, 0) is 93.4 Å². The van der Waals surface area contributed by atoms with Gasteiger partial charge in [0.15, 0.2) is 6.61 Å². The van der Waals surface area contributed by atoms with Crippen molar-refractivity contribution in [3.05, 3.63) is 28.2 Å². The highest BCUT2D eigenvalue weighted by Gasteiger charge is 2.48. The molecule has 0 aromatic heterocycles. The third-order valence-electron chi connectivity index (χ3n) is 6.84. The van der Waals surface area contributed by atoms with Crippen LogP contribution in [0, 0.1) is 30.6 Å². The molecular weight excluding hydrogens is 446 g/mol. The summed E-state index contributed by atoms with van der Waals surface area (Å²) in [5, 5.41) is 7.34. The van der Waals surface area contributed by atoms with Crippen LogP contribution in [-0.2, 0) is 9.59 Å². The van der Waals surface area contributed by atoms with Crippen LogP contribution in [0.25, 0.3) is 0 Å². The Bertz CT molecular complexity index is 826. The van der Waals surface area contributed by atoms with Crippen molar-refractivity contribution >= 4 is 33.5 Å². The van der Waals surface area contributed by atoms with Crippen molar-refractivity contribution in [3.63, 3.8) is 0 Å². The summed E-state index contributed by atoms with van der Waals surface area (Å²) < 4.78 is 6.48. The van der Waals surface area contributed by atoms with Gasteiger partial charge in [0, 0.05) is 16.2 Å². The van der Waals surface area contributed by atoms with Crippen LogP contribution in [-0.4, -0.2) is 30.2 Å². The van der Waals surface area contributed by atoms with Gasteiger partial charge in [0.2, 0.25) is 5.91 Å². The van der Waals surface area contributed by atoms with E-state index in [1.807, 2.05) is 19.1 Å². The molecule has 2 amide bonds. The van der Waals surface area contributed by atoms with Crippen LogP contribution >= 0.6 is 15.9 Å². The first-order chi connectivity index (χ1) is 14.4. The molecule has 1 aromatic carbocycles. The van der Waals surface area contributed by atoms with Crippen molar-refractivity contribution in [1.29, 1.82) is 0 Å². The second kappa shape index (κ2) is 9.08. The van der Waals surface area contributed by atoms with Gasteiger partial charge in [0.1, 0.15) is 5.75 Å². The summed E-state index contributed by atoms with van der Waals surface area (Å²) in [4.78, 5) is 24.5. The smallest absolute Gasteiger partial charge is 0.277 e. The second-order valence-corrected chi connectivity index (χ2v) is 10.1. The number of nitrogens with zero attached hydrogens (tertiary/aromatic N) is 1. The molecule has 7 heteroatoms. The monoisotopic (exact) mass is 475 g/mol. The molecule has 0 spiro atoms. The molecule has 0 heterocycles. The SMILES string of the molecule is C/C(CC(=O)NC1C2CC3CC(C2)CC1C3)=N\NC(=O)COc1ccc(Br)c(C)c1. The summed E-state index contributed by atoms with van der Waals surface area (Å²) in [6, 6.07) is 5.87. The van der Waals surface area contributed by atoms with Crippen LogP contribution < -0.4 is 15.5 Å². The number of benzene rings is 1.